The number of aliphatic hydroxyl groups excluding tert-OH is 3. The van der Waals surface area contributed by atoms with Crippen molar-refractivity contribution in [3.8, 4) is 5.75 Å². The summed E-state index contributed by atoms with van der Waals surface area (Å²) in [6, 6.07) is -6.45. The molecule has 70 heavy (non-hydrogen) atoms. The van der Waals surface area contributed by atoms with Gasteiger partial charge in [0.1, 0.15) is 48.0 Å². The molecule has 1 aromatic rings. The number of rotatable bonds is 31. The zero-order chi connectivity index (χ0) is 53.2. The lowest BCUT2D eigenvalue weighted by Gasteiger charge is -2.25. The van der Waals surface area contributed by atoms with Gasteiger partial charge >= 0.3 is 17.9 Å². The fourth-order valence-electron chi connectivity index (χ4n) is 5.78. The van der Waals surface area contributed by atoms with Crippen LogP contribution < -0.4 is 70.0 Å². The molecule has 30 heteroatoms. The second-order valence-electron chi connectivity index (χ2n) is 15.7. The number of carbonyl (C=O) groups excluding carboxylic acids is 9. The van der Waals surface area contributed by atoms with Gasteiger partial charge < -0.3 is 84.2 Å². The van der Waals surface area contributed by atoms with Crippen LogP contribution in [0.3, 0.4) is 0 Å². The third-order valence-corrected chi connectivity index (χ3v) is 9.68. The number of nitrogens with two attached hydrogens (primary N) is 2. The molecule has 0 aliphatic heterocycles. The normalized spacial score (nSPS) is 14.6. The molecule has 0 fully saturated rings. The fourth-order valence-corrected chi connectivity index (χ4v) is 5.78. The Bertz CT molecular complexity index is 2030. The minimum Gasteiger partial charge on any atom is -0.508 e. The number of guanidine groups is 1. The largest absolute Gasteiger partial charge is 0.508 e. The number of carboxylic acids is 2. The molecule has 0 spiro atoms. The van der Waals surface area contributed by atoms with Gasteiger partial charge in [0.25, 0.3) is 5.91 Å². The van der Waals surface area contributed by atoms with Crippen LogP contribution in [0.4, 0.5) is 0 Å². The van der Waals surface area contributed by atoms with Crippen molar-refractivity contribution in [2.75, 3.05) is 32.8 Å². The Labute approximate surface area is 399 Å². The van der Waals surface area contributed by atoms with Crippen LogP contribution in [0, 0.1) is 0 Å². The molecule has 0 radical (unpaired) electrons. The average Bonchev–Trinajstić information content (AvgIpc) is 3.29. The van der Waals surface area contributed by atoms with Crippen LogP contribution in [0.5, 0.6) is 5.75 Å². The van der Waals surface area contributed by atoms with E-state index >= 15 is 0 Å². The lowest BCUT2D eigenvalue weighted by molar-refractivity contribution is -0.459. The number of hydrogen-bond donors (Lipinski definition) is 19. The number of carbonyl (C=O) groups is 11. The van der Waals surface area contributed by atoms with Crippen molar-refractivity contribution < 1.29 is 94.1 Å². The molecule has 390 valence electrons. The molecule has 0 bridgehead atoms. The van der Waals surface area contributed by atoms with Gasteiger partial charge in [0.05, 0.1) is 39.0 Å². The predicted octanol–water partition coefficient (Wildman–Crippen LogP) is -11.3. The van der Waals surface area contributed by atoms with Gasteiger partial charge in [-0.1, -0.05) is 12.1 Å². The standard InChI is InChI=1S/C40H63N13O17/c1-18(41)32(62)53-31(20(3)56)38(68)46-15-29(59)49-26(16-54)36(66)47-19(2)33(63)50-23(5-4-12-44-40(42)43)35(65)52-27(17-55)37(67)51-24(10-11-30(60)61)34(64)45-14-28(58)48-25(39(69)70)13-21-6-8-22(57)9-7-21/h6-9,18-20,23-27,31,54-57H,4-5,10-17,41H2,1-3H3,(H,45,64)(H,46,68)(H,47,66)(H,48,58)(H,49,59)(H,50,63)(H,51,67)(H,52,65)(H,53,62)(H,60,61)(H,69,70)(H4,42,43,44)/p+2/t18-,19-,20+,23-,24-,25-,26-,27-,31-/m0/s1. The highest BCUT2D eigenvalue weighted by molar-refractivity contribution is 5.97. The van der Waals surface area contributed by atoms with Crippen LogP contribution in [0.2, 0.25) is 0 Å². The summed E-state index contributed by atoms with van der Waals surface area (Å²) in [5.41, 5.74) is 14.8. The maximum absolute atomic E-state index is 13.6. The highest BCUT2D eigenvalue weighted by Crippen LogP contribution is 2.12. The summed E-state index contributed by atoms with van der Waals surface area (Å²) >= 11 is 0. The fraction of sp³-hybridized carbons (Fsp3) is 0.550. The molecule has 0 aliphatic rings. The van der Waals surface area contributed by atoms with Crippen molar-refractivity contribution in [3.05, 3.63) is 29.8 Å². The Balaban J connectivity index is 3.05. The van der Waals surface area contributed by atoms with Gasteiger partial charge in [0, 0.05) is 12.8 Å². The van der Waals surface area contributed by atoms with E-state index in [-0.39, 0.29) is 37.5 Å². The molecular weight excluding hydrogens is 935 g/mol. The molecule has 23 N–H and O–H groups in total. The van der Waals surface area contributed by atoms with Crippen molar-refractivity contribution in [2.24, 2.45) is 11.5 Å². The smallest absolute Gasteiger partial charge is 0.338 e. The number of benzene rings is 1. The number of nitrogens with one attached hydrogen (secondary N) is 10. The van der Waals surface area contributed by atoms with Crippen LogP contribution in [-0.4, -0.2) is 189 Å². The van der Waals surface area contributed by atoms with Crippen molar-refractivity contribution >= 4 is 71.1 Å². The molecule has 1 aromatic carbocycles. The molecule has 9 atom stereocenters. The summed E-state index contributed by atoms with van der Waals surface area (Å²) in [6.45, 7) is 0.167. The van der Waals surface area contributed by atoms with Crippen molar-refractivity contribution in [2.45, 2.75) is 107 Å². The van der Waals surface area contributed by atoms with E-state index in [1.54, 1.807) is 0 Å². The lowest BCUT2D eigenvalue weighted by Crippen LogP contribution is -2.78. The Hall–Kier alpha value is -7.70. The monoisotopic (exact) mass is 999 g/mol. The number of phenols is 1. The molecule has 1 rings (SSSR count). The van der Waals surface area contributed by atoms with E-state index in [9.17, 15) is 83.4 Å². The van der Waals surface area contributed by atoms with Crippen LogP contribution >= 0.6 is 0 Å². The van der Waals surface area contributed by atoms with E-state index in [1.807, 2.05) is 0 Å². The number of hydrogen-bond acceptors (Lipinski definition) is 15. The number of amides is 9. The van der Waals surface area contributed by atoms with Gasteiger partial charge in [-0.25, -0.2) is 4.79 Å². The van der Waals surface area contributed by atoms with E-state index < -0.39 is 159 Å². The number of phenolic OH excluding ortho intramolecular Hbond substituents is 1. The van der Waals surface area contributed by atoms with Crippen LogP contribution in [0.15, 0.2) is 24.3 Å². The van der Waals surface area contributed by atoms with E-state index in [2.05, 4.69) is 58.6 Å². The Morgan fingerprint density at radius 2 is 1.10 bits per heavy atom. The molecule has 9 amide bonds. The van der Waals surface area contributed by atoms with Gasteiger partial charge in [-0.05, 0) is 57.7 Å². The van der Waals surface area contributed by atoms with Crippen LogP contribution in [0.1, 0.15) is 52.0 Å². The number of aliphatic carboxylic acids is 2. The van der Waals surface area contributed by atoms with Gasteiger partial charge in [0.2, 0.25) is 47.3 Å². The average molecular weight is 1000 g/mol. The topological polar surface area (TPSA) is 511 Å². The van der Waals surface area contributed by atoms with Gasteiger partial charge in [-0.3, -0.25) is 64.4 Å². The first kappa shape index (κ1) is 60.3. The Morgan fingerprint density at radius 3 is 1.61 bits per heavy atom. The van der Waals surface area contributed by atoms with Gasteiger partial charge in [-0.2, -0.15) is 0 Å². The summed E-state index contributed by atoms with van der Waals surface area (Å²) in [5.74, 6) is -12.2. The molecule has 0 aliphatic carbocycles. The summed E-state index contributed by atoms with van der Waals surface area (Å²) < 4.78 is 0. The zero-order valence-corrected chi connectivity index (χ0v) is 38.6. The maximum atomic E-state index is 13.6. The second kappa shape index (κ2) is 30.6. The van der Waals surface area contributed by atoms with Crippen molar-refractivity contribution in [3.63, 3.8) is 0 Å². The molecule has 0 saturated heterocycles. The summed E-state index contributed by atoms with van der Waals surface area (Å²) in [4.78, 5) is 142. The van der Waals surface area contributed by atoms with Crippen molar-refractivity contribution in [1.82, 2.24) is 47.9 Å². The SMILES string of the molecule is C[C@H]([NH3+])C(=O)N[C@H](C(=O)NCC(=O)N[C@@H](CO)C(=O)N[C@@H](C)C(=O)N[C@@H](CCC[NH+]=C(N)N)C(=O)N[C@@H](CO)C(=O)N[C@@H](CCC(=O)O)C(=O)NCC(=O)N[C@@H](Cc1ccc(O)cc1)C(=O)O)[C@@H](C)O. The third-order valence-electron chi connectivity index (χ3n) is 9.68. The van der Waals surface area contributed by atoms with E-state index in [0.29, 0.717) is 5.56 Å². The number of aliphatic hydroxyl groups is 3. The Kier molecular flexibility index (Phi) is 26.4. The van der Waals surface area contributed by atoms with Crippen LogP contribution in [0.25, 0.3) is 0 Å². The Morgan fingerprint density at radius 1 is 0.614 bits per heavy atom. The molecular formula is C40H65N13O17+2. The molecule has 30 nitrogen and oxygen atoms in total. The molecule has 0 saturated carbocycles. The van der Waals surface area contributed by atoms with E-state index in [1.165, 1.54) is 45.0 Å². The zero-order valence-electron chi connectivity index (χ0n) is 38.6. The number of carboxylic acid groups (broad SMARTS) is 2. The molecule has 0 unspecified atom stereocenters. The van der Waals surface area contributed by atoms with E-state index in [4.69, 9.17) is 11.5 Å². The second-order valence-corrected chi connectivity index (χ2v) is 15.7. The quantitative estimate of drug-likeness (QED) is 0.0187. The highest BCUT2D eigenvalue weighted by Gasteiger charge is 2.33. The van der Waals surface area contributed by atoms with Gasteiger partial charge in [0.15, 0.2) is 6.04 Å². The summed E-state index contributed by atoms with van der Waals surface area (Å²) in [6.07, 6.45) is -2.95. The van der Waals surface area contributed by atoms with Crippen LogP contribution in [-0.2, 0) is 59.2 Å². The first-order chi connectivity index (χ1) is 32.8. The minimum absolute atomic E-state index is 0.0635. The third kappa shape index (κ3) is 22.9. The minimum atomic E-state index is -1.84. The lowest BCUT2D eigenvalue weighted by atomic mass is 10.1. The number of aromatic hydroxyl groups is 1. The highest BCUT2D eigenvalue weighted by atomic mass is 16.4. The summed E-state index contributed by atoms with van der Waals surface area (Å²) in [7, 11) is 0. The molecule has 0 heterocycles. The first-order valence-electron chi connectivity index (χ1n) is 21.5. The first-order valence-corrected chi connectivity index (χ1v) is 21.5. The predicted molar refractivity (Wildman–Crippen MR) is 238 cm³/mol. The van der Waals surface area contributed by atoms with Gasteiger partial charge in [-0.15, -0.1) is 0 Å². The van der Waals surface area contributed by atoms with Crippen molar-refractivity contribution in [1.29, 1.82) is 0 Å². The summed E-state index contributed by atoms with van der Waals surface area (Å²) in [5, 5.41) is 78.1. The maximum Gasteiger partial charge on any atom is 0.338 e. The van der Waals surface area contributed by atoms with E-state index in [0.717, 1.165) is 0 Å². The molecule has 0 aromatic heterocycles. The number of quaternary nitrogens is 1.